The molecule has 0 aliphatic rings. The van der Waals surface area contributed by atoms with E-state index in [0.29, 0.717) is 6.54 Å². The number of carbonyl (C=O) groups is 1. The summed E-state index contributed by atoms with van der Waals surface area (Å²) in [5.74, 6) is 0. The molecule has 0 aromatic heterocycles. The highest BCUT2D eigenvalue weighted by Gasteiger charge is 1.99. The highest BCUT2D eigenvalue weighted by Crippen LogP contribution is 1.92. The van der Waals surface area contributed by atoms with Crippen LogP contribution in [0.3, 0.4) is 0 Å². The minimum Gasteiger partial charge on any atom is -0.358 e. The van der Waals surface area contributed by atoms with Gasteiger partial charge in [0.2, 0.25) is 0 Å². The molecule has 4 nitrogen and oxygen atoms in total. The lowest BCUT2D eigenvalue weighted by atomic mass is 10.3. The number of carbonyl (C=O) groups excluding carboxylic acids is 1. The zero-order valence-electron chi connectivity index (χ0n) is 5.82. The van der Waals surface area contributed by atoms with Gasteiger partial charge in [-0.3, -0.25) is 4.79 Å². The number of rotatable bonds is 6. The predicted molar refractivity (Wildman–Crippen MR) is 38.3 cm³/mol. The second-order valence-corrected chi connectivity index (χ2v) is 2.32. The Morgan fingerprint density at radius 1 is 1.70 bits per heavy atom. The van der Waals surface area contributed by atoms with Gasteiger partial charge in [0, 0.05) is 6.54 Å². The Labute approximate surface area is 63.7 Å². The molecule has 0 atom stereocenters. The Balaban J connectivity index is 3.38. The van der Waals surface area contributed by atoms with Gasteiger partial charge >= 0.3 is 6.47 Å². The van der Waals surface area contributed by atoms with E-state index in [9.17, 15) is 9.00 Å². The standard InChI is InChI=1S/C5H11NO3S/c1-2-3-4-6(10-8)9-5-7/h5,10H,2-4H2,1H3. The number of hydrogen-bond donors (Lipinski definition) is 1. The summed E-state index contributed by atoms with van der Waals surface area (Å²) in [6.07, 6.45) is 1.84. The van der Waals surface area contributed by atoms with Gasteiger partial charge in [0.25, 0.3) is 0 Å². The van der Waals surface area contributed by atoms with Gasteiger partial charge in [-0.1, -0.05) is 17.8 Å². The second kappa shape index (κ2) is 6.70. The molecule has 0 heterocycles. The van der Waals surface area contributed by atoms with Crippen LogP contribution < -0.4 is 0 Å². The maximum atomic E-state index is 10.1. The maximum absolute atomic E-state index is 10.1. The average molecular weight is 165 g/mol. The summed E-state index contributed by atoms with van der Waals surface area (Å²) in [4.78, 5) is 14.1. The lowest BCUT2D eigenvalue weighted by Crippen LogP contribution is -2.19. The molecule has 0 saturated carbocycles. The van der Waals surface area contributed by atoms with Crippen LogP contribution in [0.5, 0.6) is 0 Å². The molecule has 0 aromatic rings. The molecule has 0 aromatic carbocycles. The van der Waals surface area contributed by atoms with E-state index in [0.717, 1.165) is 17.3 Å². The van der Waals surface area contributed by atoms with Crippen LogP contribution in [0.1, 0.15) is 19.8 Å². The van der Waals surface area contributed by atoms with Crippen LogP contribution in [0.25, 0.3) is 0 Å². The van der Waals surface area contributed by atoms with Crippen LogP contribution >= 0.6 is 0 Å². The van der Waals surface area contributed by atoms with Gasteiger partial charge in [-0.25, -0.2) is 4.21 Å². The number of thiol groups is 1. The van der Waals surface area contributed by atoms with Crippen molar-refractivity contribution in [3.8, 4) is 0 Å². The van der Waals surface area contributed by atoms with Crippen molar-refractivity contribution in [1.29, 1.82) is 0 Å². The third kappa shape index (κ3) is 4.46. The molecule has 60 valence electrons. The lowest BCUT2D eigenvalue weighted by Gasteiger charge is -2.08. The number of hydrogen-bond acceptors (Lipinski definition) is 3. The van der Waals surface area contributed by atoms with E-state index in [2.05, 4.69) is 4.84 Å². The molecule has 0 N–H and O–H groups in total. The lowest BCUT2D eigenvalue weighted by molar-refractivity contribution is -0.151. The average Bonchev–Trinajstić information content (AvgIpc) is 1.98. The summed E-state index contributed by atoms with van der Waals surface area (Å²) in [5, 5.41) is 0. The fraction of sp³-hybridized carbons (Fsp3) is 0.800. The summed E-state index contributed by atoms with van der Waals surface area (Å²) < 4.78 is 11.2. The van der Waals surface area contributed by atoms with Crippen molar-refractivity contribution in [2.45, 2.75) is 19.8 Å². The third-order valence-electron chi connectivity index (χ3n) is 0.959. The quantitative estimate of drug-likeness (QED) is 0.343. The molecule has 0 saturated heterocycles. The van der Waals surface area contributed by atoms with Gasteiger partial charge in [-0.15, -0.1) is 0 Å². The van der Waals surface area contributed by atoms with Crippen molar-refractivity contribution in [2.75, 3.05) is 6.54 Å². The van der Waals surface area contributed by atoms with Crippen LogP contribution in [0, 0.1) is 0 Å². The summed E-state index contributed by atoms with van der Waals surface area (Å²) >= 11 is -0.270. The van der Waals surface area contributed by atoms with Crippen LogP contribution in [-0.2, 0) is 21.5 Å². The molecule has 0 bridgehead atoms. The van der Waals surface area contributed by atoms with Gasteiger partial charge in [-0.2, -0.15) is 0 Å². The maximum Gasteiger partial charge on any atom is 0.314 e. The molecule has 0 fully saturated rings. The first-order valence-electron chi connectivity index (χ1n) is 3.06. The Kier molecular flexibility index (Phi) is 6.42. The van der Waals surface area contributed by atoms with Crippen molar-refractivity contribution < 1.29 is 13.8 Å². The molecule has 0 aliphatic heterocycles. The van der Waals surface area contributed by atoms with Crippen molar-refractivity contribution in [2.24, 2.45) is 0 Å². The summed E-state index contributed by atoms with van der Waals surface area (Å²) in [7, 11) is 0. The van der Waals surface area contributed by atoms with Gasteiger partial charge in [0.15, 0.2) is 0 Å². The first-order valence-corrected chi connectivity index (χ1v) is 3.83. The first kappa shape index (κ1) is 9.58. The highest BCUT2D eigenvalue weighted by molar-refractivity contribution is 7.62. The molecule has 0 radical (unpaired) electrons. The van der Waals surface area contributed by atoms with Gasteiger partial charge < -0.3 is 4.84 Å². The predicted octanol–water partition coefficient (Wildman–Crippen LogP) is 0.0368. The first-order chi connectivity index (χ1) is 4.85. The van der Waals surface area contributed by atoms with Crippen molar-refractivity contribution >= 4 is 18.3 Å². The van der Waals surface area contributed by atoms with Crippen LogP contribution in [0.4, 0.5) is 0 Å². The molecule has 0 rings (SSSR count). The molecule has 0 amide bonds. The smallest absolute Gasteiger partial charge is 0.314 e. The van der Waals surface area contributed by atoms with E-state index in [4.69, 9.17) is 0 Å². The van der Waals surface area contributed by atoms with Crippen molar-refractivity contribution in [3.05, 3.63) is 0 Å². The van der Waals surface area contributed by atoms with Gasteiger partial charge in [-0.05, 0) is 6.42 Å². The topological polar surface area (TPSA) is 46.6 Å². The van der Waals surface area contributed by atoms with E-state index in [1.807, 2.05) is 6.92 Å². The number of hydroxylamine groups is 1. The fourth-order valence-corrected chi connectivity index (χ4v) is 0.756. The normalized spacial score (nSPS) is 9.80. The minimum atomic E-state index is -0.270. The van der Waals surface area contributed by atoms with Crippen molar-refractivity contribution in [3.63, 3.8) is 0 Å². The van der Waals surface area contributed by atoms with E-state index < -0.39 is 0 Å². The fourth-order valence-electron chi connectivity index (χ4n) is 0.456. The highest BCUT2D eigenvalue weighted by atomic mass is 32.2. The molecule has 0 unspecified atom stereocenters. The largest absolute Gasteiger partial charge is 0.358 e. The van der Waals surface area contributed by atoms with Crippen LogP contribution in [0.15, 0.2) is 0 Å². The molecule has 0 aliphatic carbocycles. The Hall–Kier alpha value is -0.420. The van der Waals surface area contributed by atoms with Gasteiger partial charge in [0.05, 0.1) is 0 Å². The number of nitrogens with zero attached hydrogens (tertiary/aromatic N) is 1. The third-order valence-corrected chi connectivity index (χ3v) is 1.44. The zero-order chi connectivity index (χ0) is 7.82. The summed E-state index contributed by atoms with van der Waals surface area (Å²) in [6, 6.07) is 0. The SMILES string of the molecule is CCCCN(OC=O)[SH]=O. The van der Waals surface area contributed by atoms with E-state index in [1.54, 1.807) is 0 Å². The Bertz CT molecular complexity index is 109. The molecule has 5 heteroatoms. The van der Waals surface area contributed by atoms with E-state index >= 15 is 0 Å². The second-order valence-electron chi connectivity index (χ2n) is 1.71. The van der Waals surface area contributed by atoms with Crippen molar-refractivity contribution in [1.82, 2.24) is 4.47 Å². The molecular formula is C5H11NO3S. The van der Waals surface area contributed by atoms with E-state index in [-0.39, 0.29) is 18.3 Å². The summed E-state index contributed by atoms with van der Waals surface area (Å²) in [5.41, 5.74) is 0. The van der Waals surface area contributed by atoms with Crippen LogP contribution in [-0.4, -0.2) is 21.7 Å². The van der Waals surface area contributed by atoms with E-state index in [1.165, 1.54) is 0 Å². The number of unbranched alkanes of at least 4 members (excludes halogenated alkanes) is 1. The summed E-state index contributed by atoms with van der Waals surface area (Å²) in [6.45, 7) is 2.78. The Morgan fingerprint density at radius 3 is 2.80 bits per heavy atom. The minimum absolute atomic E-state index is 0.264. The zero-order valence-corrected chi connectivity index (χ0v) is 6.71. The monoisotopic (exact) mass is 165 g/mol. The molecule has 10 heavy (non-hydrogen) atoms. The van der Waals surface area contributed by atoms with Crippen LogP contribution in [0.2, 0.25) is 0 Å². The molecule has 0 spiro atoms. The Morgan fingerprint density at radius 2 is 2.40 bits per heavy atom. The molecular weight excluding hydrogens is 154 g/mol. The van der Waals surface area contributed by atoms with Gasteiger partial charge in [0.1, 0.15) is 11.9 Å².